The van der Waals surface area contributed by atoms with Crippen molar-refractivity contribution in [2.75, 3.05) is 19.6 Å². The number of hydrogen-bond donors (Lipinski definition) is 1. The first-order valence-corrected chi connectivity index (χ1v) is 9.84. The van der Waals surface area contributed by atoms with Gasteiger partial charge in [-0.1, -0.05) is 19.3 Å². The van der Waals surface area contributed by atoms with E-state index in [-0.39, 0.29) is 5.91 Å². The maximum atomic E-state index is 12.9. The summed E-state index contributed by atoms with van der Waals surface area (Å²) in [5.41, 5.74) is 1.01. The second kappa shape index (κ2) is 8.19. The van der Waals surface area contributed by atoms with E-state index < -0.39 is 6.10 Å². The molecule has 144 valence electrons. The van der Waals surface area contributed by atoms with Gasteiger partial charge in [-0.15, -0.1) is 0 Å². The molecule has 1 aliphatic heterocycles. The molecule has 4 rings (SSSR count). The van der Waals surface area contributed by atoms with Crippen LogP contribution in [0.5, 0.6) is 0 Å². The Hall–Kier alpha value is -2.25. The van der Waals surface area contributed by atoms with Crippen molar-refractivity contribution >= 4 is 5.91 Å². The number of aliphatic hydroxyl groups excluding tert-OH is 1. The molecule has 1 saturated heterocycles. The molecule has 7 heteroatoms. The van der Waals surface area contributed by atoms with Crippen LogP contribution in [0.4, 0.5) is 0 Å². The number of amides is 1. The standard InChI is InChI=1S/C20H27N5O2/c26-18-13-23(15-19(27)25(14-18)16-6-2-1-3-7-16)12-17-8-4-11-24(17)20-21-9-5-10-22-20/h4-5,8-11,16,18,26H,1-3,6-7,12-15H2. The fraction of sp³-hybridized carbons (Fsp3) is 0.550. The van der Waals surface area contributed by atoms with Gasteiger partial charge in [0.1, 0.15) is 0 Å². The van der Waals surface area contributed by atoms with E-state index in [2.05, 4.69) is 9.97 Å². The molecule has 0 spiro atoms. The van der Waals surface area contributed by atoms with Gasteiger partial charge in [-0.25, -0.2) is 9.97 Å². The maximum absolute atomic E-state index is 12.9. The molecule has 0 radical (unpaired) electrons. The molecule has 1 N–H and O–H groups in total. The van der Waals surface area contributed by atoms with Crippen LogP contribution in [0.15, 0.2) is 36.8 Å². The number of β-amino-alcohol motifs (C(OH)–C–C–N with tert-alkyl or cyclic N) is 1. The zero-order valence-electron chi connectivity index (χ0n) is 15.6. The van der Waals surface area contributed by atoms with Crippen molar-refractivity contribution in [1.82, 2.24) is 24.3 Å². The smallest absolute Gasteiger partial charge is 0.237 e. The zero-order chi connectivity index (χ0) is 18.6. The Labute approximate surface area is 159 Å². The number of hydrogen-bond acceptors (Lipinski definition) is 5. The average Bonchev–Trinajstić information content (AvgIpc) is 3.09. The van der Waals surface area contributed by atoms with E-state index >= 15 is 0 Å². The Kier molecular flexibility index (Phi) is 5.50. The third-order valence-corrected chi connectivity index (χ3v) is 5.56. The number of carbonyl (C=O) groups is 1. The predicted molar refractivity (Wildman–Crippen MR) is 101 cm³/mol. The highest BCUT2D eigenvalue weighted by atomic mass is 16.3. The van der Waals surface area contributed by atoms with Crippen molar-refractivity contribution in [3.8, 4) is 5.95 Å². The molecule has 2 aromatic rings. The Morgan fingerprint density at radius 1 is 1.07 bits per heavy atom. The zero-order valence-corrected chi connectivity index (χ0v) is 15.6. The number of aliphatic hydroxyl groups is 1. The summed E-state index contributed by atoms with van der Waals surface area (Å²) in [6.45, 7) is 1.86. The van der Waals surface area contributed by atoms with Crippen molar-refractivity contribution < 1.29 is 9.90 Å². The SMILES string of the molecule is O=C1CN(Cc2cccn2-c2ncccn2)CC(O)CN1C1CCCCC1. The molecule has 0 aromatic carbocycles. The Morgan fingerprint density at radius 2 is 1.85 bits per heavy atom. The van der Waals surface area contributed by atoms with E-state index in [1.165, 1.54) is 19.3 Å². The molecular weight excluding hydrogens is 342 g/mol. The third kappa shape index (κ3) is 4.20. The molecule has 1 unspecified atom stereocenters. The molecule has 27 heavy (non-hydrogen) atoms. The summed E-state index contributed by atoms with van der Waals surface area (Å²) in [4.78, 5) is 25.5. The first-order chi connectivity index (χ1) is 13.2. The van der Waals surface area contributed by atoms with Crippen molar-refractivity contribution in [2.24, 2.45) is 0 Å². The van der Waals surface area contributed by atoms with Crippen LogP contribution in [0.3, 0.4) is 0 Å². The van der Waals surface area contributed by atoms with Gasteiger partial charge in [-0.3, -0.25) is 14.3 Å². The Bertz CT molecular complexity index is 757. The van der Waals surface area contributed by atoms with Gasteiger partial charge >= 0.3 is 0 Å². The van der Waals surface area contributed by atoms with Crippen molar-refractivity contribution in [2.45, 2.75) is 50.8 Å². The molecule has 0 bridgehead atoms. The van der Waals surface area contributed by atoms with Crippen LogP contribution in [0.1, 0.15) is 37.8 Å². The lowest BCUT2D eigenvalue weighted by Gasteiger charge is -2.34. The number of aromatic nitrogens is 3. The van der Waals surface area contributed by atoms with Gasteiger partial charge in [0.15, 0.2) is 0 Å². The summed E-state index contributed by atoms with van der Waals surface area (Å²) >= 11 is 0. The Balaban J connectivity index is 1.47. The highest BCUT2D eigenvalue weighted by Gasteiger charge is 2.32. The quantitative estimate of drug-likeness (QED) is 0.886. The number of carbonyl (C=O) groups excluding carboxylic acids is 1. The van der Waals surface area contributed by atoms with E-state index in [1.54, 1.807) is 18.5 Å². The van der Waals surface area contributed by atoms with Gasteiger partial charge in [0.25, 0.3) is 0 Å². The average molecular weight is 369 g/mol. The lowest BCUT2D eigenvalue weighted by Crippen LogP contribution is -2.45. The molecule has 1 aliphatic carbocycles. The van der Waals surface area contributed by atoms with Gasteiger partial charge in [0.2, 0.25) is 11.9 Å². The monoisotopic (exact) mass is 369 g/mol. The van der Waals surface area contributed by atoms with Crippen LogP contribution in [0.25, 0.3) is 5.95 Å². The molecule has 3 heterocycles. The second-order valence-electron chi connectivity index (χ2n) is 7.58. The normalized spacial score (nSPS) is 22.8. The molecule has 7 nitrogen and oxygen atoms in total. The summed E-state index contributed by atoms with van der Waals surface area (Å²) in [5.74, 6) is 0.746. The summed E-state index contributed by atoms with van der Waals surface area (Å²) in [5, 5.41) is 10.5. The fourth-order valence-electron chi connectivity index (χ4n) is 4.28. The lowest BCUT2D eigenvalue weighted by molar-refractivity contribution is -0.134. The molecule has 2 aromatic heterocycles. The van der Waals surface area contributed by atoms with Gasteiger partial charge in [-0.2, -0.15) is 0 Å². The minimum Gasteiger partial charge on any atom is -0.390 e. The molecular formula is C20H27N5O2. The van der Waals surface area contributed by atoms with Gasteiger partial charge in [0, 0.05) is 50.0 Å². The summed E-state index contributed by atoms with van der Waals surface area (Å²) in [7, 11) is 0. The highest BCUT2D eigenvalue weighted by molar-refractivity contribution is 5.79. The Morgan fingerprint density at radius 3 is 2.63 bits per heavy atom. The molecule has 2 fully saturated rings. The number of rotatable bonds is 4. The van der Waals surface area contributed by atoms with Crippen LogP contribution in [0.2, 0.25) is 0 Å². The highest BCUT2D eigenvalue weighted by Crippen LogP contribution is 2.24. The van der Waals surface area contributed by atoms with E-state index in [0.29, 0.717) is 38.2 Å². The van der Waals surface area contributed by atoms with E-state index in [1.807, 2.05) is 32.7 Å². The first kappa shape index (κ1) is 18.1. The van der Waals surface area contributed by atoms with Gasteiger partial charge < -0.3 is 10.0 Å². The largest absolute Gasteiger partial charge is 0.390 e. The molecule has 1 amide bonds. The fourth-order valence-corrected chi connectivity index (χ4v) is 4.28. The minimum atomic E-state index is -0.519. The van der Waals surface area contributed by atoms with E-state index in [0.717, 1.165) is 18.5 Å². The van der Waals surface area contributed by atoms with Crippen LogP contribution in [0, 0.1) is 0 Å². The van der Waals surface area contributed by atoms with Crippen molar-refractivity contribution in [1.29, 1.82) is 0 Å². The predicted octanol–water partition coefficient (Wildman–Crippen LogP) is 1.61. The van der Waals surface area contributed by atoms with Crippen LogP contribution in [-0.4, -0.2) is 67.1 Å². The van der Waals surface area contributed by atoms with Crippen molar-refractivity contribution in [3.63, 3.8) is 0 Å². The molecule has 2 aliphatic rings. The maximum Gasteiger partial charge on any atom is 0.237 e. The summed E-state index contributed by atoms with van der Waals surface area (Å²) in [6.07, 6.45) is 10.6. The second-order valence-corrected chi connectivity index (χ2v) is 7.58. The summed E-state index contributed by atoms with van der Waals surface area (Å²) < 4.78 is 1.93. The van der Waals surface area contributed by atoms with Gasteiger partial charge in [0.05, 0.1) is 12.6 Å². The summed E-state index contributed by atoms with van der Waals surface area (Å²) in [6, 6.07) is 6.05. The van der Waals surface area contributed by atoms with E-state index in [9.17, 15) is 9.90 Å². The van der Waals surface area contributed by atoms with Crippen LogP contribution in [-0.2, 0) is 11.3 Å². The van der Waals surface area contributed by atoms with Crippen molar-refractivity contribution in [3.05, 3.63) is 42.5 Å². The lowest BCUT2D eigenvalue weighted by atomic mass is 9.94. The van der Waals surface area contributed by atoms with E-state index in [4.69, 9.17) is 0 Å². The third-order valence-electron chi connectivity index (χ3n) is 5.56. The first-order valence-electron chi connectivity index (χ1n) is 9.84. The molecule has 1 saturated carbocycles. The number of nitrogens with zero attached hydrogens (tertiary/aromatic N) is 5. The van der Waals surface area contributed by atoms with Crippen LogP contribution >= 0.6 is 0 Å². The minimum absolute atomic E-state index is 0.132. The topological polar surface area (TPSA) is 74.5 Å². The van der Waals surface area contributed by atoms with Crippen LogP contribution < -0.4 is 0 Å². The van der Waals surface area contributed by atoms with Gasteiger partial charge in [-0.05, 0) is 31.0 Å². The molecule has 1 atom stereocenters.